The summed E-state index contributed by atoms with van der Waals surface area (Å²) in [5, 5.41) is 4.93. The van der Waals surface area contributed by atoms with Crippen molar-refractivity contribution in [2.24, 2.45) is 0 Å². The van der Waals surface area contributed by atoms with E-state index in [4.69, 9.17) is 12.2 Å². The van der Waals surface area contributed by atoms with E-state index in [2.05, 4.69) is 72.2 Å². The zero-order valence-corrected chi connectivity index (χ0v) is 15.0. The molecular formula is C17H25N5S. The molecule has 0 unspecified atom stereocenters. The molecule has 0 atom stereocenters. The summed E-state index contributed by atoms with van der Waals surface area (Å²) in [6, 6.07) is 8.25. The van der Waals surface area contributed by atoms with Gasteiger partial charge >= 0.3 is 0 Å². The van der Waals surface area contributed by atoms with Crippen LogP contribution in [-0.2, 0) is 0 Å². The number of nitrogens with one attached hydrogen (secondary N) is 3. The minimum absolute atomic E-state index is 0.577. The summed E-state index contributed by atoms with van der Waals surface area (Å²) in [6.07, 6.45) is 1.04. The van der Waals surface area contributed by atoms with Crippen molar-refractivity contribution in [2.75, 3.05) is 32.6 Å². The van der Waals surface area contributed by atoms with Crippen molar-refractivity contribution in [3.05, 3.63) is 35.4 Å². The SMILES string of the molecule is Cc1cc(NNC(=S)NCCCN(C)C)nc2c(C)cccc12. The van der Waals surface area contributed by atoms with Gasteiger partial charge in [-0.1, -0.05) is 18.2 Å². The largest absolute Gasteiger partial charge is 0.361 e. The fourth-order valence-corrected chi connectivity index (χ4v) is 2.54. The quantitative estimate of drug-likeness (QED) is 0.430. The molecule has 0 bridgehead atoms. The fourth-order valence-electron chi connectivity index (χ4n) is 2.39. The predicted molar refractivity (Wildman–Crippen MR) is 102 cm³/mol. The van der Waals surface area contributed by atoms with E-state index in [1.165, 1.54) is 16.5 Å². The molecule has 0 amide bonds. The summed E-state index contributed by atoms with van der Waals surface area (Å²) in [5.41, 5.74) is 9.44. The zero-order valence-electron chi connectivity index (χ0n) is 14.2. The number of hydrazine groups is 1. The van der Waals surface area contributed by atoms with Crippen molar-refractivity contribution < 1.29 is 0 Å². The Labute approximate surface area is 143 Å². The van der Waals surface area contributed by atoms with Crippen LogP contribution in [0.2, 0.25) is 0 Å². The lowest BCUT2D eigenvalue weighted by Gasteiger charge is -2.14. The molecular weight excluding hydrogens is 306 g/mol. The maximum atomic E-state index is 5.26. The van der Waals surface area contributed by atoms with Gasteiger partial charge in [0.25, 0.3) is 0 Å². The number of benzene rings is 1. The first-order chi connectivity index (χ1) is 11.0. The van der Waals surface area contributed by atoms with E-state index in [0.717, 1.165) is 30.8 Å². The summed E-state index contributed by atoms with van der Waals surface area (Å²) < 4.78 is 0. The maximum Gasteiger partial charge on any atom is 0.185 e. The third-order valence-corrected chi connectivity index (χ3v) is 3.87. The van der Waals surface area contributed by atoms with Gasteiger partial charge in [0, 0.05) is 11.9 Å². The Hall–Kier alpha value is -1.92. The Morgan fingerprint density at radius 2 is 2.00 bits per heavy atom. The zero-order chi connectivity index (χ0) is 16.8. The van der Waals surface area contributed by atoms with Crippen LogP contribution in [0.5, 0.6) is 0 Å². The predicted octanol–water partition coefficient (Wildman–Crippen LogP) is 2.59. The molecule has 0 radical (unpaired) electrons. The first-order valence-corrected chi connectivity index (χ1v) is 8.20. The number of anilines is 1. The molecule has 2 rings (SSSR count). The van der Waals surface area contributed by atoms with E-state index in [1.54, 1.807) is 0 Å². The molecule has 0 fully saturated rings. The van der Waals surface area contributed by atoms with Crippen molar-refractivity contribution in [1.82, 2.24) is 20.6 Å². The van der Waals surface area contributed by atoms with Gasteiger partial charge in [-0.3, -0.25) is 10.9 Å². The smallest absolute Gasteiger partial charge is 0.185 e. The number of rotatable bonds is 6. The monoisotopic (exact) mass is 331 g/mol. The molecule has 0 saturated carbocycles. The number of hydrogen-bond donors (Lipinski definition) is 3. The summed E-state index contributed by atoms with van der Waals surface area (Å²) >= 11 is 5.26. The third-order valence-electron chi connectivity index (χ3n) is 3.62. The fraction of sp³-hybridized carbons (Fsp3) is 0.412. The van der Waals surface area contributed by atoms with Crippen molar-refractivity contribution in [3.63, 3.8) is 0 Å². The first-order valence-electron chi connectivity index (χ1n) is 7.79. The van der Waals surface area contributed by atoms with Gasteiger partial charge in [0.15, 0.2) is 5.11 Å². The first kappa shape index (κ1) is 17.4. The molecule has 1 aromatic carbocycles. The lowest BCUT2D eigenvalue weighted by Crippen LogP contribution is -2.39. The second-order valence-electron chi connectivity index (χ2n) is 5.96. The van der Waals surface area contributed by atoms with Gasteiger partial charge in [-0.25, -0.2) is 4.98 Å². The van der Waals surface area contributed by atoms with Crippen molar-refractivity contribution in [1.29, 1.82) is 0 Å². The van der Waals surface area contributed by atoms with Crippen LogP contribution in [0.25, 0.3) is 10.9 Å². The highest BCUT2D eigenvalue weighted by Crippen LogP contribution is 2.22. The Morgan fingerprint density at radius 3 is 2.74 bits per heavy atom. The molecule has 0 saturated heterocycles. The average molecular weight is 331 g/mol. The Morgan fingerprint density at radius 1 is 1.22 bits per heavy atom. The molecule has 0 aliphatic rings. The van der Waals surface area contributed by atoms with E-state index in [0.29, 0.717) is 5.11 Å². The molecule has 23 heavy (non-hydrogen) atoms. The van der Waals surface area contributed by atoms with E-state index in [1.807, 2.05) is 6.07 Å². The normalized spacial score (nSPS) is 10.8. The molecule has 3 N–H and O–H groups in total. The molecule has 5 nitrogen and oxygen atoms in total. The maximum absolute atomic E-state index is 5.26. The van der Waals surface area contributed by atoms with Gasteiger partial charge in [0.1, 0.15) is 5.82 Å². The molecule has 6 heteroatoms. The molecule has 0 aliphatic carbocycles. The Bertz CT molecular complexity index is 684. The number of thiocarbonyl (C=S) groups is 1. The second kappa shape index (κ2) is 8.08. The van der Waals surface area contributed by atoms with Gasteiger partial charge in [-0.2, -0.15) is 0 Å². The highest BCUT2D eigenvalue weighted by molar-refractivity contribution is 7.80. The molecule has 1 aromatic heterocycles. The van der Waals surface area contributed by atoms with Crippen LogP contribution >= 0.6 is 12.2 Å². The topological polar surface area (TPSA) is 52.2 Å². The lowest BCUT2D eigenvalue weighted by molar-refractivity contribution is 0.400. The number of para-hydroxylation sites is 1. The molecule has 0 aliphatic heterocycles. The van der Waals surface area contributed by atoms with Gasteiger partial charge in [-0.05, 0) is 70.3 Å². The van der Waals surface area contributed by atoms with E-state index in [-0.39, 0.29) is 0 Å². The summed E-state index contributed by atoms with van der Waals surface area (Å²) in [6.45, 7) is 6.04. The minimum Gasteiger partial charge on any atom is -0.361 e. The highest BCUT2D eigenvalue weighted by Gasteiger charge is 2.05. The van der Waals surface area contributed by atoms with Crippen molar-refractivity contribution in [3.8, 4) is 0 Å². The number of aromatic nitrogens is 1. The van der Waals surface area contributed by atoms with E-state index < -0.39 is 0 Å². The highest BCUT2D eigenvalue weighted by atomic mass is 32.1. The van der Waals surface area contributed by atoms with Crippen LogP contribution in [0.3, 0.4) is 0 Å². The van der Waals surface area contributed by atoms with Crippen LogP contribution < -0.4 is 16.2 Å². The van der Waals surface area contributed by atoms with Crippen LogP contribution in [-0.4, -0.2) is 42.2 Å². The standard InChI is InChI=1S/C17H25N5S/c1-12-7-5-8-14-13(2)11-15(19-16(12)14)20-21-17(23)18-9-6-10-22(3)4/h5,7-8,11H,6,9-10H2,1-4H3,(H,19,20)(H2,18,21,23). The molecule has 0 spiro atoms. The van der Waals surface area contributed by atoms with Gasteiger partial charge in [0.2, 0.25) is 0 Å². The van der Waals surface area contributed by atoms with Gasteiger partial charge in [-0.15, -0.1) is 0 Å². The summed E-state index contributed by atoms with van der Waals surface area (Å²) in [7, 11) is 4.13. The van der Waals surface area contributed by atoms with Gasteiger partial charge < -0.3 is 10.2 Å². The second-order valence-corrected chi connectivity index (χ2v) is 6.37. The number of fused-ring (bicyclic) bond motifs is 1. The lowest BCUT2D eigenvalue weighted by atomic mass is 10.1. The minimum atomic E-state index is 0.577. The molecule has 124 valence electrons. The van der Waals surface area contributed by atoms with Crippen LogP contribution in [0, 0.1) is 13.8 Å². The summed E-state index contributed by atoms with van der Waals surface area (Å²) in [5.74, 6) is 0.766. The third kappa shape index (κ3) is 5.04. The van der Waals surface area contributed by atoms with Gasteiger partial charge in [0.05, 0.1) is 5.52 Å². The average Bonchev–Trinajstić information content (AvgIpc) is 2.50. The van der Waals surface area contributed by atoms with Crippen molar-refractivity contribution >= 4 is 34.1 Å². The number of aryl methyl sites for hydroxylation is 2. The van der Waals surface area contributed by atoms with Crippen molar-refractivity contribution in [2.45, 2.75) is 20.3 Å². The van der Waals surface area contributed by atoms with E-state index >= 15 is 0 Å². The number of hydrogen-bond acceptors (Lipinski definition) is 4. The number of pyridine rings is 1. The molecule has 2 aromatic rings. The van der Waals surface area contributed by atoms with Crippen LogP contribution in [0.1, 0.15) is 17.5 Å². The Balaban J connectivity index is 1.92. The number of nitrogens with zero attached hydrogens (tertiary/aromatic N) is 2. The molecule has 1 heterocycles. The Kier molecular flexibility index (Phi) is 6.12. The van der Waals surface area contributed by atoms with Crippen LogP contribution in [0.15, 0.2) is 24.3 Å². The van der Waals surface area contributed by atoms with Crippen LogP contribution in [0.4, 0.5) is 5.82 Å². The summed E-state index contributed by atoms with van der Waals surface area (Å²) in [4.78, 5) is 6.81. The van der Waals surface area contributed by atoms with E-state index in [9.17, 15) is 0 Å².